The van der Waals surface area contributed by atoms with E-state index in [2.05, 4.69) is 15.5 Å². The van der Waals surface area contributed by atoms with Crippen LogP contribution in [0.5, 0.6) is 0 Å². The second-order valence-corrected chi connectivity index (χ2v) is 3.89. The quantitative estimate of drug-likeness (QED) is 0.595. The molecule has 16 heavy (non-hydrogen) atoms. The van der Waals surface area contributed by atoms with E-state index in [1.807, 2.05) is 0 Å². The van der Waals surface area contributed by atoms with Crippen molar-refractivity contribution in [3.8, 4) is 0 Å². The lowest BCUT2D eigenvalue weighted by Gasteiger charge is -2.21. The molecule has 0 bridgehead atoms. The minimum atomic E-state index is -0.481. The number of hydrogen-bond donors (Lipinski definition) is 3. The first kappa shape index (κ1) is 12.9. The molecule has 92 valence electrons. The second-order valence-electron chi connectivity index (χ2n) is 3.89. The van der Waals surface area contributed by atoms with Crippen LogP contribution in [0.4, 0.5) is 4.79 Å². The van der Waals surface area contributed by atoms with E-state index in [0.29, 0.717) is 6.54 Å². The molecule has 1 aliphatic rings. The maximum atomic E-state index is 11.3. The van der Waals surface area contributed by atoms with Crippen LogP contribution in [0, 0.1) is 0 Å². The Balaban J connectivity index is 2.23. The van der Waals surface area contributed by atoms with Crippen molar-refractivity contribution in [1.82, 2.24) is 15.5 Å². The van der Waals surface area contributed by atoms with Gasteiger partial charge in [0.15, 0.2) is 0 Å². The Morgan fingerprint density at radius 3 is 2.88 bits per heavy atom. The van der Waals surface area contributed by atoms with Gasteiger partial charge in [0.2, 0.25) is 5.91 Å². The zero-order chi connectivity index (χ0) is 12.0. The molecule has 3 amide bonds. The molecule has 0 saturated carbocycles. The Labute approximate surface area is 95.0 Å². The maximum Gasteiger partial charge on any atom is 0.321 e. The van der Waals surface area contributed by atoms with Crippen LogP contribution in [-0.4, -0.2) is 54.7 Å². The van der Waals surface area contributed by atoms with Crippen LogP contribution in [0.25, 0.3) is 0 Å². The van der Waals surface area contributed by atoms with Gasteiger partial charge in [-0.3, -0.25) is 15.0 Å². The average Bonchev–Trinajstić information content (AvgIpc) is 2.73. The van der Waals surface area contributed by atoms with Gasteiger partial charge in [0.1, 0.15) is 0 Å². The van der Waals surface area contributed by atoms with Crippen LogP contribution in [0.15, 0.2) is 0 Å². The van der Waals surface area contributed by atoms with E-state index in [1.165, 1.54) is 7.05 Å². The Morgan fingerprint density at radius 2 is 2.25 bits per heavy atom. The number of hydrogen-bond acceptors (Lipinski definition) is 4. The van der Waals surface area contributed by atoms with Gasteiger partial charge in [-0.15, -0.1) is 0 Å². The van der Waals surface area contributed by atoms with Crippen molar-refractivity contribution in [2.24, 2.45) is 0 Å². The molecule has 1 saturated heterocycles. The van der Waals surface area contributed by atoms with Crippen molar-refractivity contribution < 1.29 is 14.7 Å². The number of carbonyl (C=O) groups excluding carboxylic acids is 2. The molecule has 0 unspecified atom stereocenters. The first-order valence-corrected chi connectivity index (χ1v) is 5.54. The number of nitrogens with zero attached hydrogens (tertiary/aromatic N) is 1. The highest BCUT2D eigenvalue weighted by molar-refractivity contribution is 5.94. The predicted molar refractivity (Wildman–Crippen MR) is 58.9 cm³/mol. The molecule has 6 nitrogen and oxygen atoms in total. The number of amides is 3. The molecule has 0 spiro atoms. The van der Waals surface area contributed by atoms with Gasteiger partial charge < -0.3 is 10.4 Å². The van der Waals surface area contributed by atoms with Crippen molar-refractivity contribution in [2.75, 3.05) is 26.7 Å². The second kappa shape index (κ2) is 6.44. The summed E-state index contributed by atoms with van der Waals surface area (Å²) >= 11 is 0. The molecule has 0 aromatic carbocycles. The lowest BCUT2D eigenvalue weighted by Crippen LogP contribution is -2.40. The van der Waals surface area contributed by atoms with E-state index in [4.69, 9.17) is 5.11 Å². The van der Waals surface area contributed by atoms with Gasteiger partial charge in [0.05, 0.1) is 6.61 Å². The molecule has 3 N–H and O–H groups in total. The van der Waals surface area contributed by atoms with Gasteiger partial charge >= 0.3 is 6.03 Å². The number of rotatable bonds is 4. The number of aliphatic hydroxyl groups excluding tert-OH is 1. The third-order valence-electron chi connectivity index (χ3n) is 2.82. The first-order chi connectivity index (χ1) is 7.67. The van der Waals surface area contributed by atoms with Crippen molar-refractivity contribution >= 4 is 11.9 Å². The average molecular weight is 229 g/mol. The minimum Gasteiger partial charge on any atom is -0.395 e. The number of likely N-dealkylation sites (tertiary alicyclic amines) is 1. The number of carbonyl (C=O) groups is 2. The van der Waals surface area contributed by atoms with Gasteiger partial charge in [0, 0.05) is 26.1 Å². The molecule has 1 aliphatic heterocycles. The lowest BCUT2D eigenvalue weighted by molar-refractivity contribution is -0.120. The van der Waals surface area contributed by atoms with Crippen molar-refractivity contribution in [3.63, 3.8) is 0 Å². The fraction of sp³-hybridized carbons (Fsp3) is 0.800. The predicted octanol–water partition coefficient (Wildman–Crippen LogP) is -0.711. The van der Waals surface area contributed by atoms with Gasteiger partial charge in [0.25, 0.3) is 0 Å². The number of urea groups is 1. The monoisotopic (exact) mass is 229 g/mol. The summed E-state index contributed by atoms with van der Waals surface area (Å²) in [6, 6.07) is -0.307. The van der Waals surface area contributed by atoms with Crippen LogP contribution in [0.3, 0.4) is 0 Å². The zero-order valence-corrected chi connectivity index (χ0v) is 9.53. The fourth-order valence-electron chi connectivity index (χ4n) is 1.89. The van der Waals surface area contributed by atoms with Crippen molar-refractivity contribution in [2.45, 2.75) is 25.3 Å². The van der Waals surface area contributed by atoms with Gasteiger partial charge in [-0.25, -0.2) is 4.79 Å². The van der Waals surface area contributed by atoms with Crippen LogP contribution < -0.4 is 10.6 Å². The van der Waals surface area contributed by atoms with E-state index in [1.54, 1.807) is 0 Å². The van der Waals surface area contributed by atoms with Crippen LogP contribution in [0.1, 0.15) is 19.3 Å². The summed E-state index contributed by atoms with van der Waals surface area (Å²) in [6.45, 7) is 1.64. The first-order valence-electron chi connectivity index (χ1n) is 5.54. The third kappa shape index (κ3) is 3.79. The summed E-state index contributed by atoms with van der Waals surface area (Å²) in [4.78, 5) is 24.2. The van der Waals surface area contributed by atoms with Gasteiger partial charge in [-0.2, -0.15) is 0 Å². The van der Waals surface area contributed by atoms with E-state index < -0.39 is 6.03 Å². The molecule has 0 aromatic heterocycles. The molecule has 1 atom stereocenters. The maximum absolute atomic E-state index is 11.3. The largest absolute Gasteiger partial charge is 0.395 e. The van der Waals surface area contributed by atoms with E-state index in [0.717, 1.165) is 19.4 Å². The van der Waals surface area contributed by atoms with Gasteiger partial charge in [-0.1, -0.05) is 0 Å². The molecule has 1 heterocycles. The standard InChI is InChI=1S/C10H19N3O3/c1-11-10(16)12-9(15)4-6-13-5-2-3-8(13)7-14/h8,14H,2-7H2,1H3,(H2,11,12,15,16)/t8-/m1/s1. The SMILES string of the molecule is CNC(=O)NC(=O)CCN1CCC[C@@H]1CO. The summed E-state index contributed by atoms with van der Waals surface area (Å²) in [5.41, 5.74) is 0. The summed E-state index contributed by atoms with van der Waals surface area (Å²) in [7, 11) is 1.46. The molecule has 0 radical (unpaired) electrons. The number of nitrogens with one attached hydrogen (secondary N) is 2. The number of imide groups is 1. The van der Waals surface area contributed by atoms with Gasteiger partial charge in [-0.05, 0) is 19.4 Å². The van der Waals surface area contributed by atoms with Crippen molar-refractivity contribution in [3.05, 3.63) is 0 Å². The number of aliphatic hydroxyl groups is 1. The highest BCUT2D eigenvalue weighted by atomic mass is 16.3. The summed E-state index contributed by atoms with van der Waals surface area (Å²) in [5.74, 6) is -0.289. The highest BCUT2D eigenvalue weighted by Gasteiger charge is 2.23. The smallest absolute Gasteiger partial charge is 0.321 e. The molecule has 6 heteroatoms. The Kier molecular flexibility index (Phi) is 5.21. The zero-order valence-electron chi connectivity index (χ0n) is 9.53. The normalized spacial score (nSPS) is 20.8. The van der Waals surface area contributed by atoms with E-state index in [9.17, 15) is 9.59 Å². The van der Waals surface area contributed by atoms with Crippen molar-refractivity contribution in [1.29, 1.82) is 0 Å². The highest BCUT2D eigenvalue weighted by Crippen LogP contribution is 2.16. The third-order valence-corrected chi connectivity index (χ3v) is 2.82. The van der Waals surface area contributed by atoms with Crippen LogP contribution >= 0.6 is 0 Å². The Hall–Kier alpha value is -1.14. The molecule has 0 aliphatic carbocycles. The fourth-order valence-corrected chi connectivity index (χ4v) is 1.89. The Bertz CT molecular complexity index is 258. The lowest BCUT2D eigenvalue weighted by atomic mass is 10.2. The molecule has 1 fully saturated rings. The summed E-state index contributed by atoms with van der Waals surface area (Å²) in [6.07, 6.45) is 2.32. The summed E-state index contributed by atoms with van der Waals surface area (Å²) < 4.78 is 0. The molecule has 1 rings (SSSR count). The Morgan fingerprint density at radius 1 is 1.50 bits per heavy atom. The van der Waals surface area contributed by atoms with Crippen LogP contribution in [-0.2, 0) is 4.79 Å². The topological polar surface area (TPSA) is 81.7 Å². The molecular formula is C10H19N3O3. The minimum absolute atomic E-state index is 0.136. The molecular weight excluding hydrogens is 210 g/mol. The summed E-state index contributed by atoms with van der Waals surface area (Å²) in [5, 5.41) is 13.6. The van der Waals surface area contributed by atoms with E-state index in [-0.39, 0.29) is 25.0 Å². The molecule has 0 aromatic rings. The van der Waals surface area contributed by atoms with E-state index >= 15 is 0 Å². The van der Waals surface area contributed by atoms with Crippen LogP contribution in [0.2, 0.25) is 0 Å².